The highest BCUT2D eigenvalue weighted by molar-refractivity contribution is 7.90. The highest BCUT2D eigenvalue weighted by atomic mass is 35.5. The first-order valence-electron chi connectivity index (χ1n) is 6.48. The van der Waals surface area contributed by atoms with Gasteiger partial charge >= 0.3 is 0 Å². The fourth-order valence-corrected chi connectivity index (χ4v) is 3.50. The summed E-state index contributed by atoms with van der Waals surface area (Å²) < 4.78 is 26.7. The van der Waals surface area contributed by atoms with Crippen LogP contribution in [0.25, 0.3) is 11.4 Å². The summed E-state index contributed by atoms with van der Waals surface area (Å²) in [5, 5.41) is 7.94. The molecule has 5 nitrogen and oxygen atoms in total. The van der Waals surface area contributed by atoms with E-state index in [1.807, 2.05) is 6.92 Å². The van der Waals surface area contributed by atoms with Crippen molar-refractivity contribution >= 4 is 21.6 Å². The van der Waals surface area contributed by atoms with Gasteiger partial charge < -0.3 is 0 Å². The van der Waals surface area contributed by atoms with Crippen LogP contribution >= 0.6 is 11.6 Å². The molecule has 112 valence electrons. The van der Waals surface area contributed by atoms with Gasteiger partial charge in [-0.3, -0.25) is 0 Å². The maximum atomic E-state index is 12.8. The molecule has 0 N–H and O–H groups in total. The lowest BCUT2D eigenvalue weighted by molar-refractivity contribution is 0.588. The Kier molecular flexibility index (Phi) is 3.72. The van der Waals surface area contributed by atoms with E-state index in [2.05, 4.69) is 10.2 Å². The van der Waals surface area contributed by atoms with E-state index in [0.717, 1.165) is 5.56 Å². The third-order valence-electron chi connectivity index (χ3n) is 3.19. The summed E-state index contributed by atoms with van der Waals surface area (Å²) in [5.74, 6) is 0. The van der Waals surface area contributed by atoms with Gasteiger partial charge in [-0.1, -0.05) is 29.3 Å². The summed E-state index contributed by atoms with van der Waals surface area (Å²) >= 11 is 5.71. The number of hydrogen-bond acceptors (Lipinski definition) is 4. The molecule has 3 rings (SSSR count). The summed E-state index contributed by atoms with van der Waals surface area (Å²) in [5.41, 5.74) is 1.87. The second-order valence-corrected chi connectivity index (χ2v) is 6.95. The van der Waals surface area contributed by atoms with Crippen molar-refractivity contribution < 1.29 is 8.42 Å². The molecule has 0 radical (unpaired) electrons. The summed E-state index contributed by atoms with van der Waals surface area (Å²) in [6.07, 6.45) is 1.49. The van der Waals surface area contributed by atoms with Gasteiger partial charge in [0.15, 0.2) is 5.15 Å². The molecule has 0 aliphatic carbocycles. The van der Waals surface area contributed by atoms with Gasteiger partial charge in [0.25, 0.3) is 10.0 Å². The van der Waals surface area contributed by atoms with Gasteiger partial charge in [0.2, 0.25) is 0 Å². The molecule has 0 saturated heterocycles. The van der Waals surface area contributed by atoms with Gasteiger partial charge in [-0.05, 0) is 43.3 Å². The van der Waals surface area contributed by atoms with Crippen molar-refractivity contribution in [1.29, 1.82) is 0 Å². The summed E-state index contributed by atoms with van der Waals surface area (Å²) in [7, 11) is -3.69. The molecule has 1 aromatic carbocycles. The van der Waals surface area contributed by atoms with Crippen molar-refractivity contribution in [3.63, 3.8) is 0 Å². The molecule has 0 amide bonds. The minimum Gasteiger partial charge on any atom is -0.240 e. The fraction of sp³-hybridized carbons (Fsp3) is 0.0667. The molecular weight excluding hydrogens is 322 g/mol. The van der Waals surface area contributed by atoms with E-state index in [0.29, 0.717) is 11.4 Å². The zero-order valence-electron chi connectivity index (χ0n) is 11.6. The molecule has 0 atom stereocenters. The first-order chi connectivity index (χ1) is 10.5. The van der Waals surface area contributed by atoms with Crippen LogP contribution in [0.3, 0.4) is 0 Å². The molecule has 7 heteroatoms. The Balaban J connectivity index is 2.11. The molecule has 22 heavy (non-hydrogen) atoms. The normalized spacial score (nSPS) is 11.5. The summed E-state index contributed by atoms with van der Waals surface area (Å²) in [4.78, 5) is 0.220. The minimum atomic E-state index is -3.69. The van der Waals surface area contributed by atoms with Crippen LogP contribution in [-0.2, 0) is 10.0 Å². The fourth-order valence-electron chi connectivity index (χ4n) is 2.05. The SMILES string of the molecule is Cc1ccc(S(=O)(=O)n2cccc2-c2ccc(Cl)nn2)cc1. The predicted octanol–water partition coefficient (Wildman–Crippen LogP) is 3.14. The maximum absolute atomic E-state index is 12.8. The van der Waals surface area contributed by atoms with Crippen LogP contribution in [0.5, 0.6) is 0 Å². The zero-order chi connectivity index (χ0) is 15.7. The van der Waals surface area contributed by atoms with Crippen molar-refractivity contribution in [2.75, 3.05) is 0 Å². The minimum absolute atomic E-state index is 0.220. The van der Waals surface area contributed by atoms with Crippen LogP contribution in [0.4, 0.5) is 0 Å². The third kappa shape index (κ3) is 2.63. The van der Waals surface area contributed by atoms with E-state index in [1.54, 1.807) is 48.5 Å². The molecule has 0 fully saturated rings. The average Bonchev–Trinajstić information content (AvgIpc) is 2.99. The second kappa shape index (κ2) is 5.55. The molecule has 0 saturated carbocycles. The highest BCUT2D eigenvalue weighted by Gasteiger charge is 2.20. The molecular formula is C15H12ClN3O2S. The van der Waals surface area contributed by atoms with Crippen molar-refractivity contribution in [1.82, 2.24) is 14.2 Å². The van der Waals surface area contributed by atoms with Crippen LogP contribution in [0, 0.1) is 6.92 Å². The van der Waals surface area contributed by atoms with E-state index in [1.165, 1.54) is 10.2 Å². The highest BCUT2D eigenvalue weighted by Crippen LogP contribution is 2.24. The maximum Gasteiger partial charge on any atom is 0.268 e. The number of benzene rings is 1. The smallest absolute Gasteiger partial charge is 0.240 e. The number of nitrogens with zero attached hydrogens (tertiary/aromatic N) is 3. The Bertz CT molecular complexity index is 901. The first kappa shape index (κ1) is 14.7. The average molecular weight is 334 g/mol. The van der Waals surface area contributed by atoms with Crippen LogP contribution < -0.4 is 0 Å². The van der Waals surface area contributed by atoms with Gasteiger partial charge in [0.05, 0.1) is 10.6 Å². The van der Waals surface area contributed by atoms with Crippen molar-refractivity contribution in [2.45, 2.75) is 11.8 Å². The van der Waals surface area contributed by atoms with Crippen LogP contribution in [0.15, 0.2) is 59.6 Å². The standard InChI is InChI=1S/C15H12ClN3O2S/c1-11-4-6-12(7-5-11)22(20,21)19-10-2-3-14(19)13-8-9-15(16)18-17-13/h2-10H,1H3. The molecule has 3 aromatic rings. The lowest BCUT2D eigenvalue weighted by Crippen LogP contribution is -2.13. The van der Waals surface area contributed by atoms with Gasteiger partial charge in [0, 0.05) is 6.20 Å². The van der Waals surface area contributed by atoms with Crippen LogP contribution in [-0.4, -0.2) is 22.6 Å². The molecule has 0 aliphatic rings. The quantitative estimate of drug-likeness (QED) is 0.738. The molecule has 0 aliphatic heterocycles. The Morgan fingerprint density at radius 1 is 1.00 bits per heavy atom. The van der Waals surface area contributed by atoms with E-state index < -0.39 is 10.0 Å². The lowest BCUT2D eigenvalue weighted by atomic mass is 10.2. The Morgan fingerprint density at radius 2 is 1.73 bits per heavy atom. The molecule has 0 unspecified atom stereocenters. The van der Waals surface area contributed by atoms with Crippen LogP contribution in [0.1, 0.15) is 5.56 Å². The predicted molar refractivity (Wildman–Crippen MR) is 84.2 cm³/mol. The lowest BCUT2D eigenvalue weighted by Gasteiger charge is -2.10. The van der Waals surface area contributed by atoms with Crippen LogP contribution in [0.2, 0.25) is 5.15 Å². The first-order valence-corrected chi connectivity index (χ1v) is 8.29. The molecule has 2 aromatic heterocycles. The van der Waals surface area contributed by atoms with Gasteiger partial charge in [-0.15, -0.1) is 10.2 Å². The summed E-state index contributed by atoms with van der Waals surface area (Å²) in [6, 6.07) is 13.2. The number of halogens is 1. The van der Waals surface area contributed by atoms with E-state index >= 15 is 0 Å². The Morgan fingerprint density at radius 3 is 2.36 bits per heavy atom. The monoisotopic (exact) mass is 333 g/mol. The Hall–Kier alpha value is -2.18. The zero-order valence-corrected chi connectivity index (χ0v) is 13.2. The Labute approximate surface area is 133 Å². The van der Waals surface area contributed by atoms with E-state index in [9.17, 15) is 8.42 Å². The largest absolute Gasteiger partial charge is 0.268 e. The van der Waals surface area contributed by atoms with E-state index in [-0.39, 0.29) is 10.0 Å². The third-order valence-corrected chi connectivity index (χ3v) is 5.09. The number of hydrogen-bond donors (Lipinski definition) is 0. The van der Waals surface area contributed by atoms with Gasteiger partial charge in [-0.25, -0.2) is 12.4 Å². The number of aryl methyl sites for hydroxylation is 1. The number of aromatic nitrogens is 3. The molecule has 2 heterocycles. The van der Waals surface area contributed by atoms with Crippen molar-refractivity contribution in [3.8, 4) is 11.4 Å². The van der Waals surface area contributed by atoms with E-state index in [4.69, 9.17) is 11.6 Å². The topological polar surface area (TPSA) is 64.8 Å². The summed E-state index contributed by atoms with van der Waals surface area (Å²) in [6.45, 7) is 1.90. The molecule has 0 spiro atoms. The molecule has 0 bridgehead atoms. The van der Waals surface area contributed by atoms with Gasteiger partial charge in [0.1, 0.15) is 5.69 Å². The van der Waals surface area contributed by atoms with Crippen molar-refractivity contribution in [2.24, 2.45) is 0 Å². The number of rotatable bonds is 3. The van der Waals surface area contributed by atoms with Gasteiger partial charge in [-0.2, -0.15) is 0 Å². The second-order valence-electron chi connectivity index (χ2n) is 4.75. The van der Waals surface area contributed by atoms with Crippen molar-refractivity contribution in [3.05, 3.63) is 65.4 Å².